The van der Waals surface area contributed by atoms with Crippen LogP contribution >= 0.6 is 0 Å². The van der Waals surface area contributed by atoms with Crippen LogP contribution in [-0.4, -0.2) is 30.9 Å². The number of primary amides is 1. The molecule has 0 aliphatic heterocycles. The van der Waals surface area contributed by atoms with Gasteiger partial charge in [0.25, 0.3) is 0 Å². The first kappa shape index (κ1) is 8.43. The van der Waals surface area contributed by atoms with Crippen molar-refractivity contribution in [3.8, 4) is 0 Å². The maximum atomic E-state index is 10.2. The second-order valence-electron chi connectivity index (χ2n) is 2.11. The zero-order valence-electron chi connectivity index (χ0n) is 6.05. The van der Waals surface area contributed by atoms with Crippen LogP contribution in [0.3, 0.4) is 0 Å². The number of carbonyl (C=O) groups is 1. The predicted octanol–water partition coefficient (Wildman–Crippen LogP) is -0.186. The van der Waals surface area contributed by atoms with E-state index in [2.05, 4.69) is 0 Å². The van der Waals surface area contributed by atoms with Gasteiger partial charge in [-0.1, -0.05) is 6.92 Å². The molecule has 1 amide bonds. The Morgan fingerprint density at radius 1 is 1.67 bits per heavy atom. The Balaban J connectivity index is 3.16. The van der Waals surface area contributed by atoms with Gasteiger partial charge in [-0.05, 0) is 13.6 Å². The molecule has 0 spiro atoms. The third-order valence-corrected chi connectivity index (χ3v) is 1.28. The fraction of sp³-hybridized carbons (Fsp3) is 0.833. The summed E-state index contributed by atoms with van der Waals surface area (Å²) in [4.78, 5) is 12.3. The van der Waals surface area contributed by atoms with Gasteiger partial charge in [-0.2, -0.15) is 0 Å². The molecule has 2 N–H and O–H groups in total. The summed E-state index contributed by atoms with van der Waals surface area (Å²) in [5.41, 5.74) is 4.93. The van der Waals surface area contributed by atoms with Crippen LogP contribution in [0.1, 0.15) is 13.3 Å². The van der Waals surface area contributed by atoms with Gasteiger partial charge in [0, 0.05) is 13.0 Å². The number of hydrogen-bond acceptors (Lipinski definition) is 2. The average molecular weight is 130 g/mol. The topological polar surface area (TPSA) is 46.3 Å². The van der Waals surface area contributed by atoms with Crippen LogP contribution in [0.4, 0.5) is 0 Å². The second-order valence-corrected chi connectivity index (χ2v) is 2.11. The quantitative estimate of drug-likeness (QED) is 0.573. The molecule has 0 aromatic carbocycles. The van der Waals surface area contributed by atoms with E-state index in [0.717, 1.165) is 13.1 Å². The molecule has 0 radical (unpaired) electrons. The van der Waals surface area contributed by atoms with Crippen LogP contribution < -0.4 is 5.73 Å². The molecule has 3 heteroatoms. The lowest BCUT2D eigenvalue weighted by Crippen LogP contribution is -2.24. The first-order valence-corrected chi connectivity index (χ1v) is 3.13. The Morgan fingerprint density at radius 2 is 2.22 bits per heavy atom. The van der Waals surface area contributed by atoms with Gasteiger partial charge in [-0.15, -0.1) is 0 Å². The fourth-order valence-electron chi connectivity index (χ4n) is 0.459. The predicted molar refractivity (Wildman–Crippen MR) is 37.0 cm³/mol. The smallest absolute Gasteiger partial charge is 0.218 e. The van der Waals surface area contributed by atoms with Crippen molar-refractivity contribution in [2.45, 2.75) is 13.3 Å². The molecule has 0 heterocycles. The van der Waals surface area contributed by atoms with E-state index in [-0.39, 0.29) is 5.91 Å². The molecule has 0 atom stereocenters. The fourth-order valence-corrected chi connectivity index (χ4v) is 0.459. The van der Waals surface area contributed by atoms with E-state index >= 15 is 0 Å². The van der Waals surface area contributed by atoms with Crippen molar-refractivity contribution in [3.63, 3.8) is 0 Å². The molecule has 0 rings (SSSR count). The van der Waals surface area contributed by atoms with Crippen molar-refractivity contribution in [2.75, 3.05) is 20.1 Å². The van der Waals surface area contributed by atoms with E-state index in [4.69, 9.17) is 5.73 Å². The molecule has 0 unspecified atom stereocenters. The Morgan fingerprint density at radius 3 is 2.56 bits per heavy atom. The number of rotatable bonds is 4. The largest absolute Gasteiger partial charge is 0.370 e. The molecule has 0 aliphatic carbocycles. The van der Waals surface area contributed by atoms with Crippen molar-refractivity contribution >= 4 is 5.91 Å². The summed E-state index contributed by atoms with van der Waals surface area (Å²) in [6.07, 6.45) is 0.463. The minimum Gasteiger partial charge on any atom is -0.370 e. The zero-order valence-corrected chi connectivity index (χ0v) is 6.05. The Labute approximate surface area is 55.8 Å². The van der Waals surface area contributed by atoms with E-state index in [1.165, 1.54) is 0 Å². The molecule has 0 aromatic heterocycles. The molecular weight excluding hydrogens is 116 g/mol. The van der Waals surface area contributed by atoms with E-state index in [1.54, 1.807) is 0 Å². The van der Waals surface area contributed by atoms with Gasteiger partial charge in [0.15, 0.2) is 0 Å². The SMILES string of the molecule is CCN(C)CCC(N)=O. The zero-order chi connectivity index (χ0) is 7.28. The Kier molecular flexibility index (Phi) is 4.05. The second kappa shape index (κ2) is 4.32. The van der Waals surface area contributed by atoms with Crippen LogP contribution in [0.2, 0.25) is 0 Å². The maximum absolute atomic E-state index is 10.2. The van der Waals surface area contributed by atoms with E-state index in [0.29, 0.717) is 6.42 Å². The monoisotopic (exact) mass is 130 g/mol. The number of amides is 1. The standard InChI is InChI=1S/C6H14N2O/c1-3-8(2)5-4-6(7)9/h3-5H2,1-2H3,(H2,7,9). The molecule has 9 heavy (non-hydrogen) atoms. The van der Waals surface area contributed by atoms with Crippen LogP contribution in [0.25, 0.3) is 0 Å². The number of nitrogens with two attached hydrogens (primary N) is 1. The summed E-state index contributed by atoms with van der Waals surface area (Å²) in [5, 5.41) is 0. The Bertz CT molecular complexity index is 93.1. The normalized spacial score (nSPS) is 10.1. The molecule has 0 aromatic rings. The third kappa shape index (κ3) is 5.30. The summed E-state index contributed by atoms with van der Waals surface area (Å²) in [5.74, 6) is -0.227. The van der Waals surface area contributed by atoms with Crippen molar-refractivity contribution in [1.29, 1.82) is 0 Å². The van der Waals surface area contributed by atoms with Gasteiger partial charge >= 0.3 is 0 Å². The molecule has 0 fully saturated rings. The van der Waals surface area contributed by atoms with Gasteiger partial charge in [0.2, 0.25) is 5.91 Å². The van der Waals surface area contributed by atoms with Crippen LogP contribution in [0.5, 0.6) is 0 Å². The van der Waals surface area contributed by atoms with Crippen LogP contribution in [0, 0.1) is 0 Å². The highest BCUT2D eigenvalue weighted by atomic mass is 16.1. The van der Waals surface area contributed by atoms with Gasteiger partial charge in [-0.25, -0.2) is 0 Å². The maximum Gasteiger partial charge on any atom is 0.218 e. The molecule has 0 saturated carbocycles. The first-order chi connectivity index (χ1) is 4.16. The van der Waals surface area contributed by atoms with Crippen molar-refractivity contribution in [1.82, 2.24) is 4.90 Å². The highest BCUT2D eigenvalue weighted by molar-refractivity contribution is 5.73. The molecule has 0 bridgehead atoms. The van der Waals surface area contributed by atoms with Crippen molar-refractivity contribution in [2.24, 2.45) is 5.73 Å². The van der Waals surface area contributed by atoms with Crippen LogP contribution in [0.15, 0.2) is 0 Å². The first-order valence-electron chi connectivity index (χ1n) is 3.13. The minimum absolute atomic E-state index is 0.227. The molecule has 3 nitrogen and oxygen atoms in total. The van der Waals surface area contributed by atoms with E-state index in [1.807, 2.05) is 18.9 Å². The third-order valence-electron chi connectivity index (χ3n) is 1.28. The van der Waals surface area contributed by atoms with Gasteiger partial charge in [0.1, 0.15) is 0 Å². The summed E-state index contributed by atoms with van der Waals surface area (Å²) >= 11 is 0. The lowest BCUT2D eigenvalue weighted by atomic mass is 10.4. The summed E-state index contributed by atoms with van der Waals surface area (Å²) < 4.78 is 0. The van der Waals surface area contributed by atoms with Crippen molar-refractivity contribution < 1.29 is 4.79 Å². The number of hydrogen-bond donors (Lipinski definition) is 1. The molecule has 0 saturated heterocycles. The van der Waals surface area contributed by atoms with Crippen LogP contribution in [-0.2, 0) is 4.79 Å². The summed E-state index contributed by atoms with van der Waals surface area (Å²) in [7, 11) is 1.96. The number of nitrogens with zero attached hydrogens (tertiary/aromatic N) is 1. The lowest BCUT2D eigenvalue weighted by molar-refractivity contribution is -0.118. The highest BCUT2D eigenvalue weighted by Gasteiger charge is 1.96. The van der Waals surface area contributed by atoms with Gasteiger partial charge < -0.3 is 10.6 Å². The highest BCUT2D eigenvalue weighted by Crippen LogP contribution is 1.83. The van der Waals surface area contributed by atoms with Gasteiger partial charge in [0.05, 0.1) is 0 Å². The van der Waals surface area contributed by atoms with E-state index in [9.17, 15) is 4.79 Å². The number of carbonyl (C=O) groups excluding carboxylic acids is 1. The molecule has 0 aliphatic rings. The molecule has 54 valence electrons. The lowest BCUT2D eigenvalue weighted by Gasteiger charge is -2.10. The van der Waals surface area contributed by atoms with Gasteiger partial charge in [-0.3, -0.25) is 4.79 Å². The summed E-state index contributed by atoms with van der Waals surface area (Å²) in [6, 6.07) is 0. The summed E-state index contributed by atoms with van der Waals surface area (Å²) in [6.45, 7) is 3.78. The van der Waals surface area contributed by atoms with Crippen molar-refractivity contribution in [3.05, 3.63) is 0 Å². The van der Waals surface area contributed by atoms with E-state index < -0.39 is 0 Å². The average Bonchev–Trinajstić information content (AvgIpc) is 1.83. The molecular formula is C6H14N2O. The minimum atomic E-state index is -0.227. The Hall–Kier alpha value is -0.570.